The Bertz CT molecular complexity index is 620. The molecule has 0 spiro atoms. The van der Waals surface area contributed by atoms with Gasteiger partial charge in [0.15, 0.2) is 11.6 Å². The Morgan fingerprint density at radius 3 is 2.75 bits per heavy atom. The van der Waals surface area contributed by atoms with Crippen molar-refractivity contribution in [3.05, 3.63) is 40.8 Å². The number of aromatic nitrogens is 2. The molecule has 5 heteroatoms. The molecular weight excluding hydrogens is 257 g/mol. The highest BCUT2D eigenvalue weighted by Gasteiger charge is 2.18. The van der Waals surface area contributed by atoms with Crippen molar-refractivity contribution < 1.29 is 9.13 Å². The van der Waals surface area contributed by atoms with E-state index in [-0.39, 0.29) is 17.6 Å². The number of aryl methyl sites for hydroxylation is 3. The Morgan fingerprint density at radius 1 is 1.40 bits per heavy atom. The summed E-state index contributed by atoms with van der Waals surface area (Å²) in [6.07, 6.45) is 0.641. The van der Waals surface area contributed by atoms with Crippen LogP contribution in [0, 0.1) is 19.7 Å². The summed E-state index contributed by atoms with van der Waals surface area (Å²) in [4.78, 5) is 0. The Balaban J connectivity index is 2.40. The highest BCUT2D eigenvalue weighted by molar-refractivity contribution is 5.38. The Hall–Kier alpha value is -1.88. The summed E-state index contributed by atoms with van der Waals surface area (Å²) in [5.74, 6) is 0.365. The molecule has 0 aliphatic heterocycles. The van der Waals surface area contributed by atoms with Gasteiger partial charge >= 0.3 is 0 Å². The predicted octanol–water partition coefficient (Wildman–Crippen LogP) is 2.86. The van der Waals surface area contributed by atoms with Gasteiger partial charge in [0.05, 0.1) is 5.69 Å². The van der Waals surface area contributed by atoms with E-state index in [9.17, 15) is 4.39 Å². The highest BCUT2D eigenvalue weighted by Crippen LogP contribution is 2.30. The minimum absolute atomic E-state index is 0.0115. The Morgan fingerprint density at radius 2 is 2.10 bits per heavy atom. The van der Waals surface area contributed by atoms with Gasteiger partial charge < -0.3 is 10.5 Å². The standard InChI is InChI=1S/C15H20FN3O/c1-9-5-6-13(16)14(7-9)20-15-12(8-10(2)17)11(3)18-19(15)4/h5-7,10H,8,17H2,1-4H3. The maximum atomic E-state index is 13.8. The minimum atomic E-state index is -0.388. The number of rotatable bonds is 4. The van der Waals surface area contributed by atoms with E-state index in [1.165, 1.54) is 6.07 Å². The predicted molar refractivity (Wildman–Crippen MR) is 76.5 cm³/mol. The van der Waals surface area contributed by atoms with Crippen molar-refractivity contribution in [3.63, 3.8) is 0 Å². The van der Waals surface area contributed by atoms with Crippen LogP contribution in [0.25, 0.3) is 0 Å². The number of nitrogens with two attached hydrogens (primary N) is 1. The number of hydrogen-bond donors (Lipinski definition) is 1. The normalized spacial score (nSPS) is 12.5. The van der Waals surface area contributed by atoms with Gasteiger partial charge in [0.2, 0.25) is 5.88 Å². The Labute approximate surface area is 118 Å². The molecule has 4 nitrogen and oxygen atoms in total. The third-order valence-electron chi connectivity index (χ3n) is 3.11. The van der Waals surface area contributed by atoms with Crippen molar-refractivity contribution in [1.29, 1.82) is 0 Å². The molecule has 0 saturated heterocycles. The largest absolute Gasteiger partial charge is 0.436 e. The summed E-state index contributed by atoms with van der Waals surface area (Å²) >= 11 is 0. The average molecular weight is 277 g/mol. The zero-order valence-electron chi connectivity index (χ0n) is 12.3. The second-order valence-electron chi connectivity index (χ2n) is 5.21. The molecule has 1 aromatic carbocycles. The van der Waals surface area contributed by atoms with E-state index in [0.29, 0.717) is 12.3 Å². The average Bonchev–Trinajstić information content (AvgIpc) is 2.60. The van der Waals surface area contributed by atoms with Crippen LogP contribution in [0.4, 0.5) is 4.39 Å². The van der Waals surface area contributed by atoms with Crippen LogP contribution in [-0.4, -0.2) is 15.8 Å². The van der Waals surface area contributed by atoms with Gasteiger partial charge in [0.1, 0.15) is 0 Å². The lowest BCUT2D eigenvalue weighted by atomic mass is 10.1. The Kier molecular flexibility index (Phi) is 4.09. The highest BCUT2D eigenvalue weighted by atomic mass is 19.1. The van der Waals surface area contributed by atoms with E-state index in [0.717, 1.165) is 16.8 Å². The van der Waals surface area contributed by atoms with Gasteiger partial charge in [-0.1, -0.05) is 6.07 Å². The van der Waals surface area contributed by atoms with Crippen LogP contribution >= 0.6 is 0 Å². The molecule has 0 bridgehead atoms. The smallest absolute Gasteiger partial charge is 0.221 e. The van der Waals surface area contributed by atoms with Gasteiger partial charge in [-0.3, -0.25) is 0 Å². The summed E-state index contributed by atoms with van der Waals surface area (Å²) in [7, 11) is 1.78. The number of ether oxygens (including phenoxy) is 1. The molecule has 2 N–H and O–H groups in total. The molecular formula is C15H20FN3O. The van der Waals surface area contributed by atoms with Crippen molar-refractivity contribution in [2.75, 3.05) is 0 Å². The topological polar surface area (TPSA) is 53.1 Å². The van der Waals surface area contributed by atoms with Gasteiger partial charge in [-0.15, -0.1) is 0 Å². The molecule has 1 heterocycles. The molecule has 2 aromatic rings. The molecule has 20 heavy (non-hydrogen) atoms. The fourth-order valence-corrected chi connectivity index (χ4v) is 2.16. The van der Waals surface area contributed by atoms with Crippen LogP contribution in [0.1, 0.15) is 23.7 Å². The molecule has 0 amide bonds. The first kappa shape index (κ1) is 14.5. The summed E-state index contributed by atoms with van der Waals surface area (Å²) < 4.78 is 21.2. The fraction of sp³-hybridized carbons (Fsp3) is 0.400. The van der Waals surface area contributed by atoms with Crippen LogP contribution < -0.4 is 10.5 Å². The van der Waals surface area contributed by atoms with Crippen molar-refractivity contribution >= 4 is 0 Å². The number of halogens is 1. The molecule has 108 valence electrons. The van der Waals surface area contributed by atoms with Crippen LogP contribution in [0.3, 0.4) is 0 Å². The van der Waals surface area contributed by atoms with E-state index < -0.39 is 0 Å². The van der Waals surface area contributed by atoms with Crippen molar-refractivity contribution in [2.24, 2.45) is 12.8 Å². The first-order valence-corrected chi connectivity index (χ1v) is 6.60. The molecule has 0 saturated carbocycles. The van der Waals surface area contributed by atoms with Crippen molar-refractivity contribution in [3.8, 4) is 11.6 Å². The zero-order chi connectivity index (χ0) is 14.9. The summed E-state index contributed by atoms with van der Waals surface area (Å²) in [5.41, 5.74) is 8.57. The lowest BCUT2D eigenvalue weighted by Crippen LogP contribution is -2.18. The molecule has 0 fully saturated rings. The number of hydrogen-bond acceptors (Lipinski definition) is 3. The van der Waals surface area contributed by atoms with Gasteiger partial charge in [-0.05, 0) is 44.9 Å². The quantitative estimate of drug-likeness (QED) is 0.935. The van der Waals surface area contributed by atoms with E-state index >= 15 is 0 Å². The van der Waals surface area contributed by atoms with E-state index in [4.69, 9.17) is 10.5 Å². The maximum Gasteiger partial charge on any atom is 0.221 e. The molecule has 0 aliphatic carbocycles. The third kappa shape index (κ3) is 2.99. The second kappa shape index (κ2) is 5.63. The van der Waals surface area contributed by atoms with Crippen LogP contribution in [0.5, 0.6) is 11.6 Å². The third-order valence-corrected chi connectivity index (χ3v) is 3.11. The van der Waals surface area contributed by atoms with E-state index in [1.807, 2.05) is 20.8 Å². The second-order valence-corrected chi connectivity index (χ2v) is 5.21. The van der Waals surface area contributed by atoms with Crippen molar-refractivity contribution in [1.82, 2.24) is 9.78 Å². The molecule has 1 unspecified atom stereocenters. The van der Waals surface area contributed by atoms with Gasteiger partial charge in [0.25, 0.3) is 0 Å². The lowest BCUT2D eigenvalue weighted by Gasteiger charge is -2.11. The molecule has 1 atom stereocenters. The molecule has 0 aliphatic rings. The summed E-state index contributed by atoms with van der Waals surface area (Å²) in [5, 5.41) is 4.33. The fourth-order valence-electron chi connectivity index (χ4n) is 2.16. The molecule has 0 radical (unpaired) electrons. The first-order chi connectivity index (χ1) is 9.38. The van der Waals surface area contributed by atoms with E-state index in [2.05, 4.69) is 5.10 Å². The van der Waals surface area contributed by atoms with Crippen molar-refractivity contribution in [2.45, 2.75) is 33.2 Å². The van der Waals surface area contributed by atoms with Crippen LogP contribution in [-0.2, 0) is 13.5 Å². The zero-order valence-corrected chi connectivity index (χ0v) is 12.3. The summed E-state index contributed by atoms with van der Waals surface area (Å²) in [6.45, 7) is 5.71. The minimum Gasteiger partial charge on any atom is -0.436 e. The molecule has 1 aromatic heterocycles. The van der Waals surface area contributed by atoms with Gasteiger partial charge in [-0.25, -0.2) is 9.07 Å². The molecule has 2 rings (SSSR count). The number of benzene rings is 1. The van der Waals surface area contributed by atoms with Crippen LogP contribution in [0.2, 0.25) is 0 Å². The monoisotopic (exact) mass is 277 g/mol. The SMILES string of the molecule is Cc1ccc(F)c(Oc2c(CC(C)N)c(C)nn2C)c1. The van der Waals surface area contributed by atoms with E-state index in [1.54, 1.807) is 23.9 Å². The van der Waals surface area contributed by atoms with Gasteiger partial charge in [-0.2, -0.15) is 5.10 Å². The van der Waals surface area contributed by atoms with Gasteiger partial charge in [0, 0.05) is 18.7 Å². The lowest BCUT2D eigenvalue weighted by molar-refractivity contribution is 0.398. The first-order valence-electron chi connectivity index (χ1n) is 6.60. The summed E-state index contributed by atoms with van der Waals surface area (Å²) in [6, 6.07) is 4.77. The number of nitrogens with zero attached hydrogens (tertiary/aromatic N) is 2. The van der Waals surface area contributed by atoms with Crippen LogP contribution in [0.15, 0.2) is 18.2 Å². The maximum absolute atomic E-state index is 13.8.